The van der Waals surface area contributed by atoms with Crippen LogP contribution in [0.1, 0.15) is 31.4 Å². The number of anilines is 1. The molecule has 1 aliphatic rings. The standard InChI is InChI=1S/C22H27N3O3/c1-3-28-19-12-8-7-11-18(19)24-22(27)21(16-9-5-4-6-10-16)25(2)15-20(26)23-17-13-14-17/h4-12,17,21H,3,13-15H2,1-2H3,(H,23,26)(H,24,27)/p+1/t21-/m1/s1. The number of ether oxygens (including phenoxy) is 1. The van der Waals surface area contributed by atoms with Crippen molar-refractivity contribution in [3.8, 4) is 5.75 Å². The Morgan fingerprint density at radius 1 is 1.11 bits per heavy atom. The molecule has 2 amide bonds. The van der Waals surface area contributed by atoms with Gasteiger partial charge in [0.05, 0.1) is 19.3 Å². The predicted molar refractivity (Wildman–Crippen MR) is 108 cm³/mol. The highest BCUT2D eigenvalue weighted by atomic mass is 16.5. The van der Waals surface area contributed by atoms with Crippen molar-refractivity contribution in [2.75, 3.05) is 25.5 Å². The van der Waals surface area contributed by atoms with Gasteiger partial charge in [-0.15, -0.1) is 0 Å². The summed E-state index contributed by atoms with van der Waals surface area (Å²) < 4.78 is 5.61. The third-order valence-electron chi connectivity index (χ3n) is 4.71. The van der Waals surface area contributed by atoms with Crippen molar-refractivity contribution in [2.24, 2.45) is 0 Å². The van der Waals surface area contributed by atoms with Gasteiger partial charge in [-0.2, -0.15) is 0 Å². The monoisotopic (exact) mass is 382 g/mol. The number of carbonyl (C=O) groups is 2. The Balaban J connectivity index is 1.78. The van der Waals surface area contributed by atoms with Crippen LogP contribution in [-0.2, 0) is 9.59 Å². The molecule has 1 unspecified atom stereocenters. The lowest BCUT2D eigenvalue weighted by molar-refractivity contribution is -0.894. The zero-order valence-electron chi connectivity index (χ0n) is 16.4. The third kappa shape index (κ3) is 5.33. The topological polar surface area (TPSA) is 71.9 Å². The molecule has 6 nitrogen and oxygen atoms in total. The molecule has 28 heavy (non-hydrogen) atoms. The number of carbonyl (C=O) groups excluding carboxylic acids is 2. The van der Waals surface area contributed by atoms with E-state index in [-0.39, 0.29) is 18.4 Å². The van der Waals surface area contributed by atoms with Crippen molar-refractivity contribution in [1.29, 1.82) is 0 Å². The van der Waals surface area contributed by atoms with Crippen LogP contribution in [0.5, 0.6) is 5.75 Å². The molecule has 3 N–H and O–H groups in total. The van der Waals surface area contributed by atoms with Gasteiger partial charge in [0.1, 0.15) is 5.75 Å². The van der Waals surface area contributed by atoms with Crippen molar-refractivity contribution in [3.05, 3.63) is 60.2 Å². The van der Waals surface area contributed by atoms with Gasteiger partial charge in [0.15, 0.2) is 12.6 Å². The van der Waals surface area contributed by atoms with Crippen LogP contribution in [0.15, 0.2) is 54.6 Å². The summed E-state index contributed by atoms with van der Waals surface area (Å²) >= 11 is 0. The first kappa shape index (κ1) is 19.9. The van der Waals surface area contributed by atoms with Crippen molar-refractivity contribution < 1.29 is 19.2 Å². The highest BCUT2D eigenvalue weighted by Gasteiger charge is 2.32. The molecule has 1 aliphatic carbocycles. The summed E-state index contributed by atoms with van der Waals surface area (Å²) in [5.74, 6) is 0.438. The van der Waals surface area contributed by atoms with Crippen molar-refractivity contribution >= 4 is 17.5 Å². The largest absolute Gasteiger partial charge is 0.492 e. The molecule has 0 radical (unpaired) electrons. The molecule has 0 heterocycles. The van der Waals surface area contributed by atoms with E-state index in [1.54, 1.807) is 0 Å². The first-order valence-corrected chi connectivity index (χ1v) is 9.77. The molecule has 1 fully saturated rings. The maximum Gasteiger partial charge on any atom is 0.287 e. The highest BCUT2D eigenvalue weighted by molar-refractivity contribution is 5.96. The molecule has 0 aromatic heterocycles. The number of quaternary nitrogens is 1. The number of nitrogens with one attached hydrogen (secondary N) is 3. The zero-order chi connectivity index (χ0) is 19.9. The molecule has 2 aromatic carbocycles. The van der Waals surface area contributed by atoms with Crippen molar-refractivity contribution in [2.45, 2.75) is 31.8 Å². The summed E-state index contributed by atoms with van der Waals surface area (Å²) in [7, 11) is 1.87. The van der Waals surface area contributed by atoms with E-state index in [2.05, 4.69) is 10.6 Å². The molecule has 6 heteroatoms. The Bertz CT molecular complexity index is 806. The second-order valence-corrected chi connectivity index (χ2v) is 7.13. The van der Waals surface area contributed by atoms with E-state index in [1.807, 2.05) is 68.6 Å². The van der Waals surface area contributed by atoms with E-state index in [4.69, 9.17) is 4.74 Å². The summed E-state index contributed by atoms with van der Waals surface area (Å²) in [6.45, 7) is 2.65. The summed E-state index contributed by atoms with van der Waals surface area (Å²) in [6, 6.07) is 16.7. The molecule has 1 saturated carbocycles. The lowest BCUT2D eigenvalue weighted by atomic mass is 10.0. The smallest absolute Gasteiger partial charge is 0.287 e. The van der Waals surface area contributed by atoms with Crippen LogP contribution in [0, 0.1) is 0 Å². The molecule has 0 spiro atoms. The number of rotatable bonds is 9. The number of likely N-dealkylation sites (N-methyl/N-ethyl adjacent to an activating group) is 1. The molecule has 0 aliphatic heterocycles. The van der Waals surface area contributed by atoms with Gasteiger partial charge in [0, 0.05) is 11.6 Å². The Morgan fingerprint density at radius 3 is 2.46 bits per heavy atom. The summed E-state index contributed by atoms with van der Waals surface area (Å²) in [4.78, 5) is 26.3. The molecule has 2 aromatic rings. The summed E-state index contributed by atoms with van der Waals surface area (Å²) in [6.07, 6.45) is 2.09. The molecule has 3 rings (SSSR count). The Hall–Kier alpha value is -2.86. The first-order chi connectivity index (χ1) is 13.6. The summed E-state index contributed by atoms with van der Waals surface area (Å²) in [5, 5.41) is 5.98. The average Bonchev–Trinajstić information content (AvgIpc) is 3.48. The molecule has 0 bridgehead atoms. The number of para-hydroxylation sites is 2. The minimum atomic E-state index is -0.513. The average molecular weight is 382 g/mol. The molecular weight excluding hydrogens is 354 g/mol. The van der Waals surface area contributed by atoms with E-state index < -0.39 is 6.04 Å². The lowest BCUT2D eigenvalue weighted by Gasteiger charge is -2.24. The number of amides is 2. The summed E-state index contributed by atoms with van der Waals surface area (Å²) in [5.41, 5.74) is 1.50. The van der Waals surface area contributed by atoms with E-state index >= 15 is 0 Å². The molecule has 148 valence electrons. The first-order valence-electron chi connectivity index (χ1n) is 9.77. The quantitative estimate of drug-likeness (QED) is 0.616. The Kier molecular flexibility index (Phi) is 6.66. The van der Waals surface area contributed by atoms with E-state index in [9.17, 15) is 9.59 Å². The minimum absolute atomic E-state index is 0.0246. The number of hydrogen-bond acceptors (Lipinski definition) is 3. The zero-order valence-corrected chi connectivity index (χ0v) is 16.4. The Morgan fingerprint density at radius 2 is 1.79 bits per heavy atom. The van der Waals surface area contributed by atoms with Crippen molar-refractivity contribution in [3.63, 3.8) is 0 Å². The van der Waals surface area contributed by atoms with E-state index in [1.165, 1.54) is 0 Å². The van der Waals surface area contributed by atoms with Crippen LogP contribution in [-0.4, -0.2) is 38.1 Å². The lowest BCUT2D eigenvalue weighted by Crippen LogP contribution is -3.11. The SMILES string of the molecule is CCOc1ccccc1NC(=O)[C@@H](c1ccccc1)[NH+](C)CC(=O)NC1CC1. The van der Waals surface area contributed by atoms with E-state index in [0.29, 0.717) is 24.1 Å². The van der Waals surface area contributed by atoms with Gasteiger partial charge in [-0.3, -0.25) is 9.59 Å². The highest BCUT2D eigenvalue weighted by Crippen LogP contribution is 2.25. The second-order valence-electron chi connectivity index (χ2n) is 7.13. The van der Waals surface area contributed by atoms with Crippen molar-refractivity contribution in [1.82, 2.24) is 5.32 Å². The van der Waals surface area contributed by atoms with Gasteiger partial charge >= 0.3 is 0 Å². The van der Waals surface area contributed by atoms with Gasteiger partial charge in [0.2, 0.25) is 0 Å². The molecule has 2 atom stereocenters. The van der Waals surface area contributed by atoms with Gasteiger partial charge in [-0.1, -0.05) is 42.5 Å². The van der Waals surface area contributed by atoms with Gasteiger partial charge < -0.3 is 20.3 Å². The number of benzene rings is 2. The van der Waals surface area contributed by atoms with Crippen LogP contribution >= 0.6 is 0 Å². The fraction of sp³-hybridized carbons (Fsp3) is 0.364. The normalized spacial score (nSPS) is 15.4. The molecule has 0 saturated heterocycles. The fourth-order valence-corrected chi connectivity index (χ4v) is 3.22. The fourth-order valence-electron chi connectivity index (χ4n) is 3.22. The van der Waals surface area contributed by atoms with Crippen LogP contribution < -0.4 is 20.3 Å². The van der Waals surface area contributed by atoms with Crippen LogP contribution in [0.25, 0.3) is 0 Å². The molecular formula is C22H28N3O3+. The maximum absolute atomic E-state index is 13.2. The van der Waals surface area contributed by atoms with E-state index in [0.717, 1.165) is 23.3 Å². The van der Waals surface area contributed by atoms with Crippen LogP contribution in [0.2, 0.25) is 0 Å². The van der Waals surface area contributed by atoms with Crippen LogP contribution in [0.3, 0.4) is 0 Å². The second kappa shape index (κ2) is 9.37. The minimum Gasteiger partial charge on any atom is -0.492 e. The maximum atomic E-state index is 13.2. The van der Waals surface area contributed by atoms with Gasteiger partial charge in [-0.05, 0) is 31.9 Å². The Labute approximate surface area is 165 Å². The van der Waals surface area contributed by atoms with Gasteiger partial charge in [-0.25, -0.2) is 0 Å². The third-order valence-corrected chi connectivity index (χ3v) is 4.71. The predicted octanol–water partition coefficient (Wildman–Crippen LogP) is 1.56. The van der Waals surface area contributed by atoms with Crippen LogP contribution in [0.4, 0.5) is 5.69 Å². The number of hydrogen-bond donors (Lipinski definition) is 3. The van der Waals surface area contributed by atoms with Gasteiger partial charge in [0.25, 0.3) is 11.8 Å².